The van der Waals surface area contributed by atoms with Crippen molar-refractivity contribution in [3.63, 3.8) is 0 Å². The first-order chi connectivity index (χ1) is 21.2. The van der Waals surface area contributed by atoms with E-state index < -0.39 is 0 Å². The molecule has 2 amide bonds. The molecule has 0 saturated heterocycles. The van der Waals surface area contributed by atoms with Gasteiger partial charge in [0, 0.05) is 13.2 Å². The molecule has 0 spiro atoms. The summed E-state index contributed by atoms with van der Waals surface area (Å²) in [5.74, 6) is -0.106. The predicted molar refractivity (Wildman–Crippen MR) is 181 cm³/mol. The highest BCUT2D eigenvalue weighted by Crippen LogP contribution is 2.21. The van der Waals surface area contributed by atoms with E-state index in [4.69, 9.17) is 10.2 Å². The minimum Gasteiger partial charge on any atom is -0.396 e. The van der Waals surface area contributed by atoms with Crippen LogP contribution in [-0.4, -0.2) is 47.3 Å². The zero-order valence-corrected chi connectivity index (χ0v) is 27.7. The van der Waals surface area contributed by atoms with E-state index >= 15 is 0 Å². The SMILES string of the molecule is O=C(/C=C/CCCCCCCCCCCCCCO)N[C@H]1C[C@H]1NC(=O)/C=C/CCCCCCCCCCCCCCO. The average molecular weight is 605 g/mol. The van der Waals surface area contributed by atoms with Crippen molar-refractivity contribution in [1.29, 1.82) is 0 Å². The number of rotatable bonds is 32. The average Bonchev–Trinajstić information content (AvgIpc) is 3.73. The van der Waals surface area contributed by atoms with Crippen LogP contribution in [0.4, 0.5) is 0 Å². The summed E-state index contributed by atoms with van der Waals surface area (Å²) < 4.78 is 0. The fraction of sp³-hybridized carbons (Fsp3) is 0.838. The van der Waals surface area contributed by atoms with Gasteiger partial charge in [0.05, 0.1) is 12.1 Å². The summed E-state index contributed by atoms with van der Waals surface area (Å²) in [6.45, 7) is 0.667. The van der Waals surface area contributed by atoms with Gasteiger partial charge in [-0.2, -0.15) is 0 Å². The fourth-order valence-electron chi connectivity index (χ4n) is 5.64. The van der Waals surface area contributed by atoms with Gasteiger partial charge in [-0.05, 0) is 57.1 Å². The maximum absolute atomic E-state index is 12.1. The van der Waals surface area contributed by atoms with Crippen molar-refractivity contribution in [1.82, 2.24) is 10.6 Å². The zero-order valence-electron chi connectivity index (χ0n) is 27.7. The van der Waals surface area contributed by atoms with E-state index in [-0.39, 0.29) is 23.9 Å². The lowest BCUT2D eigenvalue weighted by Crippen LogP contribution is -2.33. The highest BCUT2D eigenvalue weighted by molar-refractivity contribution is 5.89. The molecule has 0 aromatic rings. The number of amides is 2. The molecule has 0 radical (unpaired) electrons. The molecule has 1 saturated carbocycles. The molecule has 2 atom stereocenters. The molecule has 1 rings (SSSR count). The number of unbranched alkanes of at least 4 members (excludes halogenated alkanes) is 24. The van der Waals surface area contributed by atoms with E-state index in [1.807, 2.05) is 12.2 Å². The van der Waals surface area contributed by atoms with Gasteiger partial charge in [-0.25, -0.2) is 0 Å². The second kappa shape index (κ2) is 30.4. The fourth-order valence-corrected chi connectivity index (χ4v) is 5.64. The number of hydrogen-bond acceptors (Lipinski definition) is 4. The molecular formula is C37H68N2O4. The maximum Gasteiger partial charge on any atom is 0.243 e. The van der Waals surface area contributed by atoms with Crippen molar-refractivity contribution in [2.45, 2.75) is 185 Å². The van der Waals surface area contributed by atoms with Crippen molar-refractivity contribution >= 4 is 11.8 Å². The normalized spacial score (nSPS) is 16.3. The zero-order chi connectivity index (χ0) is 31.1. The first kappa shape index (κ1) is 39.4. The van der Waals surface area contributed by atoms with E-state index in [2.05, 4.69) is 10.6 Å². The molecule has 0 aromatic carbocycles. The van der Waals surface area contributed by atoms with Crippen molar-refractivity contribution in [2.75, 3.05) is 13.2 Å². The smallest absolute Gasteiger partial charge is 0.243 e. The Morgan fingerprint density at radius 2 is 0.698 bits per heavy atom. The molecule has 6 heteroatoms. The van der Waals surface area contributed by atoms with Gasteiger partial charge in [0.25, 0.3) is 0 Å². The van der Waals surface area contributed by atoms with E-state index in [0.29, 0.717) is 13.2 Å². The Hall–Kier alpha value is -1.66. The molecule has 0 aliphatic heterocycles. The van der Waals surface area contributed by atoms with Crippen LogP contribution in [-0.2, 0) is 9.59 Å². The van der Waals surface area contributed by atoms with E-state index in [0.717, 1.165) is 44.9 Å². The molecular weight excluding hydrogens is 536 g/mol. The van der Waals surface area contributed by atoms with Gasteiger partial charge in [-0.15, -0.1) is 0 Å². The lowest BCUT2D eigenvalue weighted by Gasteiger charge is -2.03. The van der Waals surface area contributed by atoms with Gasteiger partial charge in [-0.1, -0.05) is 141 Å². The van der Waals surface area contributed by atoms with Gasteiger partial charge in [0.1, 0.15) is 0 Å². The van der Waals surface area contributed by atoms with Crippen LogP contribution in [0.1, 0.15) is 173 Å². The number of hydrogen-bond donors (Lipinski definition) is 4. The summed E-state index contributed by atoms with van der Waals surface area (Å²) in [4.78, 5) is 24.3. The topological polar surface area (TPSA) is 98.7 Å². The van der Waals surface area contributed by atoms with Crippen molar-refractivity contribution in [2.24, 2.45) is 0 Å². The molecule has 1 aliphatic carbocycles. The summed E-state index contributed by atoms with van der Waals surface area (Å²) >= 11 is 0. The lowest BCUT2D eigenvalue weighted by atomic mass is 10.0. The number of aliphatic hydroxyl groups excluding tert-OH is 2. The number of allylic oxidation sites excluding steroid dienone is 2. The van der Waals surface area contributed by atoms with E-state index in [1.165, 1.54) is 128 Å². The third-order valence-electron chi connectivity index (χ3n) is 8.54. The highest BCUT2D eigenvalue weighted by atomic mass is 16.3. The Kier molecular flexibility index (Phi) is 27.8. The van der Waals surface area contributed by atoms with Crippen LogP contribution in [0.25, 0.3) is 0 Å². The summed E-state index contributed by atoms with van der Waals surface area (Å²) in [6.07, 6.45) is 40.0. The summed E-state index contributed by atoms with van der Waals surface area (Å²) in [5, 5.41) is 23.6. The molecule has 1 fully saturated rings. The van der Waals surface area contributed by atoms with Crippen LogP contribution < -0.4 is 10.6 Å². The number of aliphatic hydroxyl groups is 2. The van der Waals surface area contributed by atoms with Crippen LogP contribution in [0, 0.1) is 0 Å². The number of carbonyl (C=O) groups excluding carboxylic acids is 2. The quantitative estimate of drug-likeness (QED) is 0.0456. The summed E-state index contributed by atoms with van der Waals surface area (Å²) in [6, 6.07) is 0.114. The molecule has 6 nitrogen and oxygen atoms in total. The second-order valence-electron chi connectivity index (χ2n) is 12.8. The Bertz CT molecular complexity index is 651. The van der Waals surface area contributed by atoms with Crippen LogP contribution >= 0.6 is 0 Å². The lowest BCUT2D eigenvalue weighted by molar-refractivity contribution is -0.118. The molecule has 0 aromatic heterocycles. The maximum atomic E-state index is 12.1. The predicted octanol–water partition coefficient (Wildman–Crippen LogP) is 8.60. The van der Waals surface area contributed by atoms with Crippen LogP contribution in [0.2, 0.25) is 0 Å². The third-order valence-corrected chi connectivity index (χ3v) is 8.54. The van der Waals surface area contributed by atoms with E-state index in [9.17, 15) is 9.59 Å². The molecule has 43 heavy (non-hydrogen) atoms. The number of carbonyl (C=O) groups is 2. The monoisotopic (exact) mass is 605 g/mol. The van der Waals surface area contributed by atoms with Crippen molar-refractivity contribution in [3.05, 3.63) is 24.3 Å². The first-order valence-corrected chi connectivity index (χ1v) is 18.3. The molecule has 0 bridgehead atoms. The molecule has 250 valence electrons. The molecule has 0 unspecified atom stereocenters. The van der Waals surface area contributed by atoms with Gasteiger partial charge in [-0.3, -0.25) is 9.59 Å². The van der Waals surface area contributed by atoms with Crippen molar-refractivity contribution in [3.8, 4) is 0 Å². The largest absolute Gasteiger partial charge is 0.396 e. The number of nitrogens with one attached hydrogen (secondary N) is 2. The summed E-state index contributed by atoms with van der Waals surface area (Å²) in [7, 11) is 0. The van der Waals surface area contributed by atoms with Crippen LogP contribution in [0.5, 0.6) is 0 Å². The second-order valence-corrected chi connectivity index (χ2v) is 12.8. The Balaban J connectivity index is 1.86. The van der Waals surface area contributed by atoms with Crippen LogP contribution in [0.3, 0.4) is 0 Å². The minimum absolute atomic E-state index is 0.0529. The summed E-state index contributed by atoms with van der Waals surface area (Å²) in [5.41, 5.74) is 0. The standard InChI is InChI=1S/C37H68N2O4/c40-31-27-23-19-15-11-7-3-1-5-9-13-17-21-25-29-36(42)38-34-33-35(34)39-37(43)30-26-22-18-14-10-6-2-4-8-12-16-20-24-28-32-41/h25-26,29-30,34-35,40-41H,1-24,27-28,31-33H2,(H,38,42)(H,39,43)/b29-25+,30-26+/t34-,35+. The Morgan fingerprint density at radius 1 is 0.442 bits per heavy atom. The van der Waals surface area contributed by atoms with Crippen molar-refractivity contribution < 1.29 is 19.8 Å². The van der Waals surface area contributed by atoms with Gasteiger partial charge < -0.3 is 20.8 Å². The minimum atomic E-state index is -0.0529. The third kappa shape index (κ3) is 27.6. The Morgan fingerprint density at radius 3 is 0.977 bits per heavy atom. The highest BCUT2D eigenvalue weighted by Gasteiger charge is 2.38. The van der Waals surface area contributed by atoms with Gasteiger partial charge >= 0.3 is 0 Å². The van der Waals surface area contributed by atoms with Gasteiger partial charge in [0.2, 0.25) is 11.8 Å². The van der Waals surface area contributed by atoms with E-state index in [1.54, 1.807) is 12.2 Å². The Labute approximate surface area is 265 Å². The first-order valence-electron chi connectivity index (χ1n) is 18.3. The van der Waals surface area contributed by atoms with Crippen LogP contribution in [0.15, 0.2) is 24.3 Å². The van der Waals surface area contributed by atoms with Gasteiger partial charge in [0.15, 0.2) is 0 Å². The molecule has 4 N–H and O–H groups in total. The molecule has 1 aliphatic rings. The molecule has 0 heterocycles.